The van der Waals surface area contributed by atoms with Crippen LogP contribution in [0, 0.1) is 6.92 Å². The third-order valence-electron chi connectivity index (χ3n) is 6.62. The third-order valence-corrected chi connectivity index (χ3v) is 7.68. The molecule has 2 fully saturated rings. The monoisotopic (exact) mass is 557 g/mol. The number of aryl methyl sites for hydroxylation is 1. The molecule has 9 heteroatoms. The highest BCUT2D eigenvalue weighted by Gasteiger charge is 2.30. The van der Waals surface area contributed by atoms with E-state index in [0.29, 0.717) is 65.7 Å². The molecule has 206 valence electrons. The molecule has 0 radical (unpaired) electrons. The lowest BCUT2D eigenvalue weighted by atomic mass is 10.1. The minimum atomic E-state index is -0.150. The van der Waals surface area contributed by atoms with Gasteiger partial charge in [-0.25, -0.2) is 4.99 Å². The largest absolute Gasteiger partial charge is 0.493 e. The van der Waals surface area contributed by atoms with Gasteiger partial charge in [0, 0.05) is 25.7 Å². The van der Waals surface area contributed by atoms with Crippen LogP contribution in [0.4, 0.5) is 5.69 Å². The van der Waals surface area contributed by atoms with Crippen LogP contribution in [-0.4, -0.2) is 67.2 Å². The van der Waals surface area contributed by atoms with Gasteiger partial charge in [-0.15, -0.1) is 0 Å². The van der Waals surface area contributed by atoms with Crippen molar-refractivity contribution in [1.29, 1.82) is 0 Å². The average Bonchev–Trinajstić information content (AvgIpc) is 3.24. The minimum Gasteiger partial charge on any atom is -0.493 e. The minimum absolute atomic E-state index is 0.0466. The standard InChI is InChI=1S/C31H31N3O5S/c1-21-7-9-22(10-8-21)20-39-26-12-11-23(17-27(26)37-3)18-28-30(36)33(2)31(40-28)32-25-6-4-5-24(19-25)29(35)34-13-15-38-16-14-34/h4-12,17-19H,13-16,20H2,1-3H3/b28-18+,32-31?. The molecular weight excluding hydrogens is 526 g/mol. The van der Waals surface area contributed by atoms with Gasteiger partial charge in [0.25, 0.3) is 11.8 Å². The molecule has 5 rings (SSSR count). The van der Waals surface area contributed by atoms with E-state index >= 15 is 0 Å². The zero-order valence-electron chi connectivity index (χ0n) is 22.8. The van der Waals surface area contributed by atoms with E-state index in [2.05, 4.69) is 17.1 Å². The Hall–Kier alpha value is -4.08. The third kappa shape index (κ3) is 6.38. The number of methoxy groups -OCH3 is 1. The number of likely N-dealkylation sites (N-methyl/N-ethyl adjacent to an activating group) is 1. The van der Waals surface area contributed by atoms with Gasteiger partial charge in [0.05, 0.1) is 30.9 Å². The first-order valence-corrected chi connectivity index (χ1v) is 13.8. The van der Waals surface area contributed by atoms with E-state index in [0.717, 1.165) is 11.1 Å². The number of nitrogens with zero attached hydrogens (tertiary/aromatic N) is 3. The Morgan fingerprint density at radius 2 is 1.82 bits per heavy atom. The number of carbonyl (C=O) groups is 2. The Morgan fingerprint density at radius 1 is 1.05 bits per heavy atom. The molecule has 3 aromatic carbocycles. The van der Waals surface area contributed by atoms with Crippen molar-refractivity contribution < 1.29 is 23.8 Å². The predicted octanol–water partition coefficient (Wildman–Crippen LogP) is 5.29. The second-order valence-electron chi connectivity index (χ2n) is 9.51. The second-order valence-corrected chi connectivity index (χ2v) is 10.5. The van der Waals surface area contributed by atoms with Crippen LogP contribution < -0.4 is 9.47 Å². The number of amides is 2. The summed E-state index contributed by atoms with van der Waals surface area (Å²) < 4.78 is 16.9. The van der Waals surface area contributed by atoms with Gasteiger partial charge in [-0.05, 0) is 66.2 Å². The van der Waals surface area contributed by atoms with E-state index < -0.39 is 0 Å². The van der Waals surface area contributed by atoms with Crippen LogP contribution in [0.15, 0.2) is 76.6 Å². The Morgan fingerprint density at radius 3 is 2.58 bits per heavy atom. The molecule has 0 unspecified atom stereocenters. The van der Waals surface area contributed by atoms with Gasteiger partial charge in [0.15, 0.2) is 16.7 Å². The summed E-state index contributed by atoms with van der Waals surface area (Å²) in [5.74, 6) is 1.01. The number of morpholine rings is 1. The molecule has 2 saturated heterocycles. The topological polar surface area (TPSA) is 80.7 Å². The zero-order chi connectivity index (χ0) is 28.1. The summed E-state index contributed by atoms with van der Waals surface area (Å²) in [7, 11) is 3.29. The van der Waals surface area contributed by atoms with Crippen LogP contribution in [0.3, 0.4) is 0 Å². The second kappa shape index (κ2) is 12.4. The fourth-order valence-corrected chi connectivity index (χ4v) is 5.30. The highest BCUT2D eigenvalue weighted by molar-refractivity contribution is 8.18. The van der Waals surface area contributed by atoms with Crippen LogP contribution in [-0.2, 0) is 16.1 Å². The highest BCUT2D eigenvalue weighted by atomic mass is 32.2. The van der Waals surface area contributed by atoms with Crippen molar-refractivity contribution >= 4 is 40.5 Å². The number of ether oxygens (including phenoxy) is 3. The van der Waals surface area contributed by atoms with Gasteiger partial charge in [0.2, 0.25) is 0 Å². The Labute approximate surface area is 238 Å². The normalized spacial score (nSPS) is 17.5. The highest BCUT2D eigenvalue weighted by Crippen LogP contribution is 2.35. The summed E-state index contributed by atoms with van der Waals surface area (Å²) in [6.07, 6.45) is 1.82. The first kappa shape index (κ1) is 27.5. The fourth-order valence-electron chi connectivity index (χ4n) is 4.31. The van der Waals surface area contributed by atoms with E-state index in [1.165, 1.54) is 22.2 Å². The Kier molecular flexibility index (Phi) is 8.52. The lowest BCUT2D eigenvalue weighted by Gasteiger charge is -2.26. The SMILES string of the molecule is COc1cc(/C=C2/SC(=Nc3cccc(C(=O)N4CCOCC4)c3)N(C)C2=O)ccc1OCc1ccc(C)cc1. The molecule has 0 bridgehead atoms. The van der Waals surface area contributed by atoms with Crippen molar-refractivity contribution in [2.24, 2.45) is 4.99 Å². The van der Waals surface area contributed by atoms with E-state index in [9.17, 15) is 9.59 Å². The van der Waals surface area contributed by atoms with E-state index in [-0.39, 0.29) is 11.8 Å². The predicted molar refractivity (Wildman–Crippen MR) is 157 cm³/mol. The van der Waals surface area contributed by atoms with Crippen molar-refractivity contribution in [3.8, 4) is 11.5 Å². The van der Waals surface area contributed by atoms with Crippen LogP contribution in [0.1, 0.15) is 27.0 Å². The lowest BCUT2D eigenvalue weighted by molar-refractivity contribution is -0.121. The van der Waals surface area contributed by atoms with Gasteiger partial charge in [0.1, 0.15) is 6.61 Å². The molecule has 0 N–H and O–H groups in total. The molecule has 2 amide bonds. The summed E-state index contributed by atoms with van der Waals surface area (Å²) in [5.41, 5.74) is 4.25. The van der Waals surface area contributed by atoms with Crippen molar-refractivity contribution in [1.82, 2.24) is 9.80 Å². The number of carbonyl (C=O) groups excluding carboxylic acids is 2. The van der Waals surface area contributed by atoms with Crippen molar-refractivity contribution in [3.05, 3.63) is 93.9 Å². The molecule has 0 atom stereocenters. The summed E-state index contributed by atoms with van der Waals surface area (Å²) in [4.78, 5) is 34.4. The molecule has 40 heavy (non-hydrogen) atoms. The van der Waals surface area contributed by atoms with Crippen LogP contribution in [0.2, 0.25) is 0 Å². The molecule has 0 spiro atoms. The molecule has 0 saturated carbocycles. The van der Waals surface area contributed by atoms with Crippen molar-refractivity contribution in [2.75, 3.05) is 40.5 Å². The molecule has 3 aromatic rings. The van der Waals surface area contributed by atoms with Crippen molar-refractivity contribution in [3.63, 3.8) is 0 Å². The molecule has 2 heterocycles. The maximum absolute atomic E-state index is 13.0. The van der Waals surface area contributed by atoms with Gasteiger partial charge < -0.3 is 19.1 Å². The number of thioether (sulfide) groups is 1. The number of amidine groups is 1. The summed E-state index contributed by atoms with van der Waals surface area (Å²) in [5, 5.41) is 0.539. The summed E-state index contributed by atoms with van der Waals surface area (Å²) in [6, 6.07) is 20.9. The Bertz CT molecular complexity index is 1460. The zero-order valence-corrected chi connectivity index (χ0v) is 23.6. The first-order chi connectivity index (χ1) is 19.4. The maximum atomic E-state index is 13.0. The maximum Gasteiger partial charge on any atom is 0.266 e. The summed E-state index contributed by atoms with van der Waals surface area (Å²) in [6.45, 7) is 4.71. The molecular formula is C31H31N3O5S. The summed E-state index contributed by atoms with van der Waals surface area (Å²) >= 11 is 1.29. The van der Waals surface area contributed by atoms with Crippen molar-refractivity contribution in [2.45, 2.75) is 13.5 Å². The number of aliphatic imine (C=N–C) groups is 1. The molecule has 2 aliphatic heterocycles. The number of rotatable bonds is 7. The molecule has 0 aromatic heterocycles. The lowest BCUT2D eigenvalue weighted by Crippen LogP contribution is -2.40. The van der Waals surface area contributed by atoms with E-state index in [1.54, 1.807) is 37.3 Å². The van der Waals surface area contributed by atoms with Gasteiger partial charge in [-0.2, -0.15) is 0 Å². The number of benzene rings is 3. The van der Waals surface area contributed by atoms with Crippen LogP contribution in [0.25, 0.3) is 6.08 Å². The molecule has 8 nitrogen and oxygen atoms in total. The van der Waals surface area contributed by atoms with Gasteiger partial charge >= 0.3 is 0 Å². The number of hydrogen-bond donors (Lipinski definition) is 0. The van der Waals surface area contributed by atoms with Crippen LogP contribution >= 0.6 is 11.8 Å². The quantitative estimate of drug-likeness (QED) is 0.368. The Balaban J connectivity index is 1.30. The van der Waals surface area contributed by atoms with E-state index in [1.807, 2.05) is 49.4 Å². The van der Waals surface area contributed by atoms with Crippen LogP contribution in [0.5, 0.6) is 11.5 Å². The van der Waals surface area contributed by atoms with Gasteiger partial charge in [-0.1, -0.05) is 42.0 Å². The number of hydrogen-bond acceptors (Lipinski definition) is 7. The first-order valence-electron chi connectivity index (χ1n) is 13.0. The van der Waals surface area contributed by atoms with E-state index in [4.69, 9.17) is 14.2 Å². The molecule has 0 aliphatic carbocycles. The smallest absolute Gasteiger partial charge is 0.266 e. The van der Waals surface area contributed by atoms with Gasteiger partial charge in [-0.3, -0.25) is 14.5 Å². The molecule has 2 aliphatic rings. The average molecular weight is 558 g/mol. The fraction of sp³-hybridized carbons (Fsp3) is 0.258.